The van der Waals surface area contributed by atoms with Gasteiger partial charge in [-0.05, 0) is 24.6 Å². The summed E-state index contributed by atoms with van der Waals surface area (Å²) in [6.07, 6.45) is -0.0782. The van der Waals surface area contributed by atoms with Gasteiger partial charge in [-0.3, -0.25) is 0 Å². The van der Waals surface area contributed by atoms with Gasteiger partial charge in [0.1, 0.15) is 6.10 Å². The van der Waals surface area contributed by atoms with Crippen LogP contribution in [0.2, 0.25) is 0 Å². The normalized spacial score (nSPS) is 17.8. The Morgan fingerprint density at radius 1 is 1.38 bits per heavy atom. The topological polar surface area (TPSA) is 80.4 Å². The molecule has 6 heteroatoms. The molecule has 16 heavy (non-hydrogen) atoms. The number of rotatable bonds is 3. The number of nitrogen functional groups attached to an aromatic ring is 1. The number of benzene rings is 1. The molecule has 0 saturated carbocycles. The van der Waals surface area contributed by atoms with Crippen LogP contribution in [-0.2, 0) is 9.84 Å². The van der Waals surface area contributed by atoms with Crippen molar-refractivity contribution in [2.45, 2.75) is 16.7 Å². The average molecular weight is 308 g/mol. The van der Waals surface area contributed by atoms with Crippen LogP contribution in [0.4, 0.5) is 5.69 Å². The van der Waals surface area contributed by atoms with E-state index in [9.17, 15) is 13.5 Å². The molecule has 2 atom stereocenters. The first-order valence-corrected chi connectivity index (χ1v) is 7.26. The van der Waals surface area contributed by atoms with E-state index in [-0.39, 0.29) is 0 Å². The highest BCUT2D eigenvalue weighted by Gasteiger charge is 2.41. The Hall–Kier alpha value is -0.590. The zero-order chi connectivity index (χ0) is 12.6. The second-order valence-electron chi connectivity index (χ2n) is 3.83. The minimum Gasteiger partial charge on any atom is -0.399 e. The molecule has 1 rings (SSSR count). The molecule has 0 saturated heterocycles. The Morgan fingerprint density at radius 3 is 2.19 bits per heavy atom. The zero-order valence-electron chi connectivity index (χ0n) is 9.01. The van der Waals surface area contributed by atoms with Crippen LogP contribution >= 0.6 is 15.9 Å². The molecule has 0 heterocycles. The van der Waals surface area contributed by atoms with Crippen LogP contribution in [0.25, 0.3) is 0 Å². The van der Waals surface area contributed by atoms with Crippen molar-refractivity contribution in [3.8, 4) is 0 Å². The molecular formula is C10H14BrNO3S. The summed E-state index contributed by atoms with van der Waals surface area (Å²) in [5.74, 6) is 0. The monoisotopic (exact) mass is 307 g/mol. The molecule has 0 radical (unpaired) electrons. The summed E-state index contributed by atoms with van der Waals surface area (Å²) in [5.41, 5.74) is 6.57. The highest BCUT2D eigenvalue weighted by molar-refractivity contribution is 9.11. The van der Waals surface area contributed by atoms with Gasteiger partial charge in [-0.2, -0.15) is 0 Å². The van der Waals surface area contributed by atoms with E-state index in [0.717, 1.165) is 6.26 Å². The molecule has 1 aromatic carbocycles. The number of aliphatic hydroxyl groups excluding tert-OH is 1. The number of hydrogen-bond donors (Lipinski definition) is 2. The average Bonchev–Trinajstić information content (AvgIpc) is 2.16. The van der Waals surface area contributed by atoms with Crippen LogP contribution in [0.3, 0.4) is 0 Å². The number of nitrogens with two attached hydrogens (primary N) is 1. The number of alkyl halides is 1. The van der Waals surface area contributed by atoms with Crippen molar-refractivity contribution in [1.82, 2.24) is 0 Å². The van der Waals surface area contributed by atoms with Gasteiger partial charge >= 0.3 is 0 Å². The van der Waals surface area contributed by atoms with Gasteiger partial charge < -0.3 is 10.8 Å². The third-order valence-electron chi connectivity index (χ3n) is 2.47. The van der Waals surface area contributed by atoms with E-state index in [1.165, 1.54) is 6.92 Å². The first kappa shape index (κ1) is 13.5. The summed E-state index contributed by atoms with van der Waals surface area (Å²) < 4.78 is 21.6. The molecule has 0 aromatic heterocycles. The molecule has 0 fully saturated rings. The van der Waals surface area contributed by atoms with Crippen LogP contribution in [-0.4, -0.2) is 23.4 Å². The maximum atomic E-state index is 11.5. The first-order valence-electron chi connectivity index (χ1n) is 4.58. The maximum Gasteiger partial charge on any atom is 0.165 e. The van der Waals surface area contributed by atoms with Crippen molar-refractivity contribution in [1.29, 1.82) is 0 Å². The van der Waals surface area contributed by atoms with Crippen molar-refractivity contribution in [3.63, 3.8) is 0 Å². The highest BCUT2D eigenvalue weighted by atomic mass is 79.9. The number of aliphatic hydroxyl groups is 1. The van der Waals surface area contributed by atoms with E-state index in [1.807, 2.05) is 0 Å². The second-order valence-corrected chi connectivity index (χ2v) is 8.39. The quantitative estimate of drug-likeness (QED) is 0.654. The van der Waals surface area contributed by atoms with E-state index < -0.39 is 19.6 Å². The molecule has 0 aliphatic heterocycles. The Labute approximate surface area is 104 Å². The molecule has 0 bridgehead atoms. The van der Waals surface area contributed by atoms with Gasteiger partial charge in [0, 0.05) is 11.9 Å². The summed E-state index contributed by atoms with van der Waals surface area (Å²) in [6, 6.07) is 6.43. The largest absolute Gasteiger partial charge is 0.399 e. The SMILES string of the molecule is C[C@@](Br)([C@H](O)c1ccc(N)cc1)S(C)(=O)=O. The van der Waals surface area contributed by atoms with Gasteiger partial charge in [0.25, 0.3) is 0 Å². The van der Waals surface area contributed by atoms with Crippen molar-refractivity contribution >= 4 is 31.5 Å². The lowest BCUT2D eigenvalue weighted by atomic mass is 10.1. The first-order chi connectivity index (χ1) is 7.16. The Morgan fingerprint density at radius 2 is 1.81 bits per heavy atom. The summed E-state index contributed by atoms with van der Waals surface area (Å²) >= 11 is 3.05. The molecule has 0 spiro atoms. The van der Waals surface area contributed by atoms with Crippen molar-refractivity contribution < 1.29 is 13.5 Å². The van der Waals surface area contributed by atoms with E-state index in [1.54, 1.807) is 24.3 Å². The summed E-state index contributed by atoms with van der Waals surface area (Å²) in [4.78, 5) is 0. The third-order valence-corrected chi connectivity index (χ3v) is 6.34. The smallest absolute Gasteiger partial charge is 0.165 e. The van der Waals surface area contributed by atoms with Gasteiger partial charge in [-0.15, -0.1) is 0 Å². The second kappa shape index (κ2) is 4.35. The minimum absolute atomic E-state index is 0.499. The molecule has 1 aromatic rings. The van der Waals surface area contributed by atoms with Crippen molar-refractivity contribution in [3.05, 3.63) is 29.8 Å². The predicted octanol–water partition coefficient (Wildman–Crippen LogP) is 1.46. The zero-order valence-corrected chi connectivity index (χ0v) is 11.4. The lowest BCUT2D eigenvalue weighted by Gasteiger charge is -2.26. The summed E-state index contributed by atoms with van der Waals surface area (Å²) in [5, 5.41) is 10.0. The molecule has 0 aliphatic carbocycles. The van der Waals surface area contributed by atoms with Gasteiger partial charge in [0.2, 0.25) is 0 Å². The predicted molar refractivity (Wildman–Crippen MR) is 68.0 cm³/mol. The van der Waals surface area contributed by atoms with Crippen LogP contribution in [0, 0.1) is 0 Å². The van der Waals surface area contributed by atoms with Gasteiger partial charge in [-0.25, -0.2) is 8.42 Å². The fraction of sp³-hybridized carbons (Fsp3) is 0.400. The number of hydrogen-bond acceptors (Lipinski definition) is 4. The van der Waals surface area contributed by atoms with E-state index in [0.29, 0.717) is 11.3 Å². The number of sulfone groups is 1. The third kappa shape index (κ3) is 2.56. The molecule has 90 valence electrons. The standard InChI is InChI=1S/C10H14BrNO3S/c1-10(11,16(2,14)15)9(13)7-3-5-8(12)6-4-7/h3-6,9,13H,12H2,1-2H3/t9-,10+/m1/s1. The maximum absolute atomic E-state index is 11.5. The Kier molecular flexibility index (Phi) is 3.66. The Balaban J connectivity index is 3.12. The fourth-order valence-corrected chi connectivity index (χ4v) is 1.98. The lowest BCUT2D eigenvalue weighted by Crippen LogP contribution is -2.34. The molecule has 4 nitrogen and oxygen atoms in total. The lowest BCUT2D eigenvalue weighted by molar-refractivity contribution is 0.168. The molecule has 0 aliphatic rings. The molecule has 3 N–H and O–H groups in total. The fourth-order valence-electron chi connectivity index (χ4n) is 1.18. The van der Waals surface area contributed by atoms with Crippen LogP contribution in [0.5, 0.6) is 0 Å². The summed E-state index contributed by atoms with van der Waals surface area (Å²) in [6.45, 7) is 1.42. The van der Waals surface area contributed by atoms with Gasteiger partial charge in [-0.1, -0.05) is 28.1 Å². The number of halogens is 1. The van der Waals surface area contributed by atoms with E-state index in [2.05, 4.69) is 15.9 Å². The number of anilines is 1. The van der Waals surface area contributed by atoms with Crippen LogP contribution in [0.1, 0.15) is 18.6 Å². The molecular weight excluding hydrogens is 294 g/mol. The molecule has 0 amide bonds. The van der Waals surface area contributed by atoms with Crippen LogP contribution in [0.15, 0.2) is 24.3 Å². The summed E-state index contributed by atoms with van der Waals surface area (Å²) in [7, 11) is -3.42. The van der Waals surface area contributed by atoms with Gasteiger partial charge in [0.05, 0.1) is 0 Å². The highest BCUT2D eigenvalue weighted by Crippen LogP contribution is 2.37. The Bertz CT molecular complexity index is 467. The van der Waals surface area contributed by atoms with E-state index >= 15 is 0 Å². The minimum atomic E-state index is -3.42. The van der Waals surface area contributed by atoms with Crippen molar-refractivity contribution in [2.24, 2.45) is 0 Å². The van der Waals surface area contributed by atoms with Crippen LogP contribution < -0.4 is 5.73 Å². The van der Waals surface area contributed by atoms with Crippen molar-refractivity contribution in [2.75, 3.05) is 12.0 Å². The molecule has 0 unspecified atom stereocenters. The van der Waals surface area contributed by atoms with E-state index in [4.69, 9.17) is 5.73 Å². The van der Waals surface area contributed by atoms with Gasteiger partial charge in [0.15, 0.2) is 13.5 Å².